The van der Waals surface area contributed by atoms with Gasteiger partial charge in [0.1, 0.15) is 30.2 Å². The van der Waals surface area contributed by atoms with E-state index < -0.39 is 31.1 Å². The fourth-order valence-electron chi connectivity index (χ4n) is 2.17. The largest absolute Gasteiger partial charge is 0.394 e. The maximum absolute atomic E-state index is 9.95. The Balaban J connectivity index is 2.04. The van der Waals surface area contributed by atoms with Gasteiger partial charge in [-0.1, -0.05) is 0 Å². The second-order valence-electron chi connectivity index (χ2n) is 4.31. The third-order valence-corrected chi connectivity index (χ3v) is 3.18. The molecular weight excluding hydrogens is 256 g/mol. The van der Waals surface area contributed by atoms with Crippen LogP contribution in [0.2, 0.25) is 0 Å². The number of anilines is 1. The van der Waals surface area contributed by atoms with Crippen molar-refractivity contribution in [2.24, 2.45) is 0 Å². The van der Waals surface area contributed by atoms with Crippen LogP contribution >= 0.6 is 0 Å². The van der Waals surface area contributed by atoms with E-state index in [0.717, 1.165) is 0 Å². The summed E-state index contributed by atoms with van der Waals surface area (Å²) in [5.41, 5.74) is 6.44. The lowest BCUT2D eigenvalue weighted by Gasteiger charge is -2.16. The minimum atomic E-state index is -1.19. The molecule has 0 spiro atoms. The number of aliphatic hydroxyl groups excluding tert-OH is 3. The molecule has 0 radical (unpaired) electrons. The molecule has 0 aliphatic carbocycles. The molecule has 102 valence electrons. The number of nitrogens with zero attached hydrogens (tertiary/aromatic N) is 4. The van der Waals surface area contributed by atoms with Gasteiger partial charge in [0, 0.05) is 0 Å². The molecule has 1 fully saturated rings. The van der Waals surface area contributed by atoms with Gasteiger partial charge in [0.25, 0.3) is 0 Å². The van der Waals surface area contributed by atoms with Gasteiger partial charge in [0.15, 0.2) is 17.7 Å². The average molecular weight is 269 g/mol. The molecule has 0 unspecified atom stereocenters. The molecule has 0 amide bonds. The van der Waals surface area contributed by atoms with Crippen LogP contribution < -0.4 is 5.73 Å². The number of aromatic nitrogens is 4. The SMILES string of the molecule is Nc1ncnc2c1ncn2[C@@H]1O[C@H](CO)[C@@H]([18OH])[C@H]1O. The Hall–Kier alpha value is -1.81. The summed E-state index contributed by atoms with van der Waals surface area (Å²) >= 11 is 0. The number of nitrogens with two attached hydrogens (primary N) is 1. The maximum atomic E-state index is 9.95. The van der Waals surface area contributed by atoms with Crippen molar-refractivity contribution in [1.82, 2.24) is 19.5 Å². The first-order valence-electron chi connectivity index (χ1n) is 5.69. The standard InChI is InChI=1S/C10H13N5O4/c11-8-5-9(13-2-12-8)15(3-14-5)10-7(18)6(17)4(1-16)19-10/h2-4,6-7,10,16-18H,1H2,(H2,11,12,13)/t4-,6-,7-,10-/m1/s1/i17+2. The highest BCUT2D eigenvalue weighted by molar-refractivity contribution is 5.81. The molecule has 5 N–H and O–H groups in total. The quantitative estimate of drug-likeness (QED) is 0.460. The van der Waals surface area contributed by atoms with E-state index in [1.807, 2.05) is 0 Å². The molecule has 1 aliphatic heterocycles. The number of imidazole rings is 1. The summed E-state index contributed by atoms with van der Waals surface area (Å²) in [6, 6.07) is 0. The van der Waals surface area contributed by atoms with Crippen LogP contribution in [-0.4, -0.2) is 59.8 Å². The normalized spacial score (nSPS) is 31.1. The summed E-state index contributed by atoms with van der Waals surface area (Å²) < 4.78 is 6.85. The molecule has 3 heterocycles. The topological polar surface area (TPSA) is 140 Å². The molecule has 9 nitrogen and oxygen atoms in total. The summed E-state index contributed by atoms with van der Waals surface area (Å²) in [4.78, 5) is 11.9. The van der Waals surface area contributed by atoms with E-state index in [4.69, 9.17) is 15.6 Å². The minimum Gasteiger partial charge on any atom is -0.394 e. The van der Waals surface area contributed by atoms with Crippen LogP contribution in [0.25, 0.3) is 11.2 Å². The van der Waals surface area contributed by atoms with E-state index >= 15 is 0 Å². The fraction of sp³-hybridized carbons (Fsp3) is 0.500. The van der Waals surface area contributed by atoms with Crippen LogP contribution in [-0.2, 0) is 4.74 Å². The molecule has 0 saturated carbocycles. The van der Waals surface area contributed by atoms with Crippen LogP contribution in [0.4, 0.5) is 5.82 Å². The van der Waals surface area contributed by atoms with Gasteiger partial charge >= 0.3 is 0 Å². The molecule has 2 aromatic heterocycles. The molecule has 19 heavy (non-hydrogen) atoms. The van der Waals surface area contributed by atoms with Crippen LogP contribution in [0.3, 0.4) is 0 Å². The minimum absolute atomic E-state index is 0.218. The highest BCUT2D eigenvalue weighted by Crippen LogP contribution is 2.31. The summed E-state index contributed by atoms with van der Waals surface area (Å²) in [6.07, 6.45) is -1.42. The molecule has 2 aromatic rings. The van der Waals surface area contributed by atoms with Crippen LogP contribution in [0.15, 0.2) is 12.7 Å². The Kier molecular flexibility index (Phi) is 2.82. The molecule has 1 saturated heterocycles. The van der Waals surface area contributed by atoms with Crippen molar-refractivity contribution < 1.29 is 20.1 Å². The highest BCUT2D eigenvalue weighted by atomic mass is 18.2. The van der Waals surface area contributed by atoms with Crippen molar-refractivity contribution in [1.29, 1.82) is 0 Å². The van der Waals surface area contributed by atoms with Gasteiger partial charge in [-0.2, -0.15) is 0 Å². The number of ether oxygens (including phenoxy) is 1. The van der Waals surface area contributed by atoms with E-state index in [1.165, 1.54) is 17.2 Å². The Labute approximate surface area is 107 Å². The van der Waals surface area contributed by atoms with Crippen molar-refractivity contribution in [3.05, 3.63) is 12.7 Å². The number of nitrogen functional groups attached to an aromatic ring is 1. The van der Waals surface area contributed by atoms with Crippen LogP contribution in [0.5, 0.6) is 0 Å². The third-order valence-electron chi connectivity index (χ3n) is 3.18. The van der Waals surface area contributed by atoms with E-state index in [-0.39, 0.29) is 5.82 Å². The average Bonchev–Trinajstić information content (AvgIpc) is 2.94. The van der Waals surface area contributed by atoms with E-state index in [0.29, 0.717) is 11.2 Å². The maximum Gasteiger partial charge on any atom is 0.167 e. The molecule has 9 heteroatoms. The molecular formula is C10H13N5O4. The van der Waals surface area contributed by atoms with Crippen LogP contribution in [0.1, 0.15) is 6.23 Å². The summed E-state index contributed by atoms with van der Waals surface area (Å²) in [6.45, 7) is -0.390. The van der Waals surface area contributed by atoms with Gasteiger partial charge in [-0.05, 0) is 0 Å². The third kappa shape index (κ3) is 1.75. The van der Waals surface area contributed by atoms with Crippen molar-refractivity contribution in [2.75, 3.05) is 12.3 Å². The summed E-state index contributed by atoms with van der Waals surface area (Å²) in [5.74, 6) is 0.218. The number of aliphatic hydroxyl groups is 3. The Morgan fingerprint density at radius 2 is 2.21 bits per heavy atom. The number of hydrogen-bond donors (Lipinski definition) is 4. The second-order valence-corrected chi connectivity index (χ2v) is 4.31. The van der Waals surface area contributed by atoms with Crippen molar-refractivity contribution >= 4 is 17.0 Å². The zero-order chi connectivity index (χ0) is 13.6. The Morgan fingerprint density at radius 1 is 1.42 bits per heavy atom. The van der Waals surface area contributed by atoms with Gasteiger partial charge in [-0.3, -0.25) is 4.57 Å². The van der Waals surface area contributed by atoms with Gasteiger partial charge < -0.3 is 25.8 Å². The number of fused-ring (bicyclic) bond motifs is 1. The zero-order valence-corrected chi connectivity index (χ0v) is 9.79. The Morgan fingerprint density at radius 3 is 2.89 bits per heavy atom. The first-order valence-corrected chi connectivity index (χ1v) is 5.69. The first kappa shape index (κ1) is 12.2. The molecule has 0 bridgehead atoms. The molecule has 4 atom stereocenters. The molecule has 0 aromatic carbocycles. The van der Waals surface area contributed by atoms with Crippen molar-refractivity contribution in [3.8, 4) is 0 Å². The van der Waals surface area contributed by atoms with Gasteiger partial charge in [-0.15, -0.1) is 0 Å². The smallest absolute Gasteiger partial charge is 0.167 e. The highest BCUT2D eigenvalue weighted by Gasteiger charge is 2.43. The van der Waals surface area contributed by atoms with E-state index in [2.05, 4.69) is 15.0 Å². The van der Waals surface area contributed by atoms with Gasteiger partial charge in [-0.25, -0.2) is 15.0 Å². The molecule has 1 aliphatic rings. The number of hydrogen-bond acceptors (Lipinski definition) is 8. The predicted octanol–water partition coefficient (Wildman–Crippen LogP) is -1.98. The zero-order valence-electron chi connectivity index (χ0n) is 9.79. The van der Waals surface area contributed by atoms with Crippen molar-refractivity contribution in [2.45, 2.75) is 24.5 Å². The van der Waals surface area contributed by atoms with E-state index in [1.54, 1.807) is 0 Å². The van der Waals surface area contributed by atoms with Crippen molar-refractivity contribution in [3.63, 3.8) is 0 Å². The lowest BCUT2D eigenvalue weighted by Crippen LogP contribution is -2.33. The van der Waals surface area contributed by atoms with Gasteiger partial charge in [0.2, 0.25) is 0 Å². The summed E-state index contributed by atoms with van der Waals surface area (Å²) in [5, 5.41) is 28.7. The van der Waals surface area contributed by atoms with Crippen LogP contribution in [0, 0.1) is 0 Å². The van der Waals surface area contributed by atoms with Gasteiger partial charge in [0.05, 0.1) is 12.9 Å². The fourth-order valence-corrected chi connectivity index (χ4v) is 2.17. The Bertz CT molecular complexity index is 603. The predicted molar refractivity (Wildman–Crippen MR) is 62.7 cm³/mol. The second kappa shape index (κ2) is 4.38. The monoisotopic (exact) mass is 269 g/mol. The lowest BCUT2D eigenvalue weighted by molar-refractivity contribution is -0.0511. The number of rotatable bonds is 2. The molecule has 3 rings (SSSR count). The lowest BCUT2D eigenvalue weighted by atomic mass is 10.1. The van der Waals surface area contributed by atoms with E-state index in [9.17, 15) is 10.2 Å². The summed E-state index contributed by atoms with van der Waals surface area (Å²) in [7, 11) is 0. The first-order chi connectivity index (χ1) is 9.13.